The maximum atomic E-state index is 12.9. The Morgan fingerprint density at radius 2 is 1.73 bits per heavy atom. The monoisotopic (exact) mass is 326 g/mol. The molecule has 22 heavy (non-hydrogen) atoms. The van der Waals surface area contributed by atoms with Crippen LogP contribution in [0.25, 0.3) is 0 Å². The SMILES string of the molecule is O=C(c1ccc(F)cc1)N1CCN([C@H]2CCS(=O)(=O)C2)CC1. The van der Waals surface area contributed by atoms with E-state index in [2.05, 4.69) is 4.90 Å². The van der Waals surface area contributed by atoms with Gasteiger partial charge in [0, 0.05) is 37.8 Å². The van der Waals surface area contributed by atoms with Crippen LogP contribution in [0.3, 0.4) is 0 Å². The van der Waals surface area contributed by atoms with Crippen molar-refractivity contribution in [2.24, 2.45) is 0 Å². The van der Waals surface area contributed by atoms with Gasteiger partial charge in [-0.1, -0.05) is 0 Å². The summed E-state index contributed by atoms with van der Waals surface area (Å²) in [6.07, 6.45) is 0.689. The molecular formula is C15H19FN2O3S. The highest BCUT2D eigenvalue weighted by atomic mass is 32.2. The third kappa shape index (κ3) is 3.30. The molecular weight excluding hydrogens is 307 g/mol. The van der Waals surface area contributed by atoms with E-state index in [1.54, 1.807) is 4.90 Å². The van der Waals surface area contributed by atoms with Gasteiger partial charge in [-0.15, -0.1) is 0 Å². The molecule has 2 aliphatic heterocycles. The Morgan fingerprint density at radius 3 is 2.27 bits per heavy atom. The van der Waals surface area contributed by atoms with E-state index in [1.807, 2.05) is 0 Å². The second-order valence-electron chi connectivity index (χ2n) is 5.89. The zero-order valence-corrected chi connectivity index (χ0v) is 13.1. The highest BCUT2D eigenvalue weighted by Crippen LogP contribution is 2.20. The predicted octanol–water partition coefficient (Wildman–Crippen LogP) is 0.771. The van der Waals surface area contributed by atoms with Crippen molar-refractivity contribution in [1.29, 1.82) is 0 Å². The van der Waals surface area contributed by atoms with E-state index in [4.69, 9.17) is 0 Å². The summed E-state index contributed by atoms with van der Waals surface area (Å²) in [5.41, 5.74) is 0.485. The molecule has 2 saturated heterocycles. The number of benzene rings is 1. The number of piperazine rings is 1. The van der Waals surface area contributed by atoms with Crippen LogP contribution in [0.2, 0.25) is 0 Å². The normalized spacial score (nSPS) is 25.3. The van der Waals surface area contributed by atoms with Crippen LogP contribution < -0.4 is 0 Å². The number of amides is 1. The molecule has 0 unspecified atom stereocenters. The Kier molecular flexibility index (Phi) is 4.18. The minimum absolute atomic E-state index is 0.0908. The van der Waals surface area contributed by atoms with Gasteiger partial charge in [0.1, 0.15) is 5.82 Å². The zero-order valence-electron chi connectivity index (χ0n) is 12.2. The predicted molar refractivity (Wildman–Crippen MR) is 80.9 cm³/mol. The molecule has 0 bridgehead atoms. The second kappa shape index (κ2) is 5.96. The molecule has 2 aliphatic rings. The fraction of sp³-hybridized carbons (Fsp3) is 0.533. The zero-order chi connectivity index (χ0) is 15.7. The third-order valence-corrected chi connectivity index (χ3v) is 6.17. The molecule has 0 N–H and O–H groups in total. The van der Waals surface area contributed by atoms with Crippen molar-refractivity contribution in [3.8, 4) is 0 Å². The van der Waals surface area contributed by atoms with E-state index in [0.29, 0.717) is 38.2 Å². The van der Waals surface area contributed by atoms with Crippen molar-refractivity contribution in [3.63, 3.8) is 0 Å². The smallest absolute Gasteiger partial charge is 0.253 e. The number of nitrogens with zero attached hydrogens (tertiary/aromatic N) is 2. The summed E-state index contributed by atoms with van der Waals surface area (Å²) in [5.74, 6) is 0.0492. The molecule has 1 amide bonds. The average Bonchev–Trinajstić information content (AvgIpc) is 2.88. The number of carbonyl (C=O) groups excluding carboxylic acids is 1. The van der Waals surface area contributed by atoms with Crippen LogP contribution in [0, 0.1) is 5.82 Å². The van der Waals surface area contributed by atoms with Gasteiger partial charge < -0.3 is 4.90 Å². The van der Waals surface area contributed by atoms with Crippen LogP contribution in [0.5, 0.6) is 0 Å². The van der Waals surface area contributed by atoms with Gasteiger partial charge in [0.2, 0.25) is 0 Å². The molecule has 0 saturated carbocycles. The molecule has 5 nitrogen and oxygen atoms in total. The highest BCUT2D eigenvalue weighted by molar-refractivity contribution is 7.91. The molecule has 3 rings (SSSR count). The molecule has 7 heteroatoms. The molecule has 2 fully saturated rings. The van der Waals surface area contributed by atoms with Crippen molar-refractivity contribution >= 4 is 15.7 Å². The van der Waals surface area contributed by atoms with E-state index < -0.39 is 9.84 Å². The quantitative estimate of drug-likeness (QED) is 0.805. The number of hydrogen-bond donors (Lipinski definition) is 0. The first-order valence-corrected chi connectivity index (χ1v) is 9.26. The van der Waals surface area contributed by atoms with E-state index in [-0.39, 0.29) is 29.3 Å². The molecule has 2 heterocycles. The summed E-state index contributed by atoms with van der Waals surface area (Å²) < 4.78 is 36.0. The van der Waals surface area contributed by atoms with Gasteiger partial charge in [-0.25, -0.2) is 12.8 Å². The fourth-order valence-electron chi connectivity index (χ4n) is 3.13. The summed E-state index contributed by atoms with van der Waals surface area (Å²) in [6.45, 7) is 2.53. The second-order valence-corrected chi connectivity index (χ2v) is 8.12. The Labute approximate surface area is 129 Å². The molecule has 1 atom stereocenters. The van der Waals surface area contributed by atoms with E-state index in [1.165, 1.54) is 24.3 Å². The van der Waals surface area contributed by atoms with Gasteiger partial charge >= 0.3 is 0 Å². The molecule has 120 valence electrons. The van der Waals surface area contributed by atoms with Crippen molar-refractivity contribution in [1.82, 2.24) is 9.80 Å². The topological polar surface area (TPSA) is 57.7 Å². The van der Waals surface area contributed by atoms with Crippen molar-refractivity contribution in [3.05, 3.63) is 35.6 Å². The highest BCUT2D eigenvalue weighted by Gasteiger charge is 2.34. The standard InChI is InChI=1S/C15H19FN2O3S/c16-13-3-1-12(2-4-13)15(19)18-8-6-17(7-9-18)14-5-10-22(20,21)11-14/h1-4,14H,5-11H2/t14-/m0/s1. The molecule has 1 aromatic rings. The lowest BCUT2D eigenvalue weighted by Crippen LogP contribution is -2.52. The van der Waals surface area contributed by atoms with Crippen molar-refractivity contribution in [2.45, 2.75) is 12.5 Å². The van der Waals surface area contributed by atoms with Crippen LogP contribution in [-0.2, 0) is 9.84 Å². The minimum Gasteiger partial charge on any atom is -0.336 e. The Morgan fingerprint density at radius 1 is 1.09 bits per heavy atom. The number of halogens is 1. The third-order valence-electron chi connectivity index (χ3n) is 4.42. The first kappa shape index (κ1) is 15.4. The van der Waals surface area contributed by atoms with Crippen LogP contribution in [0.1, 0.15) is 16.8 Å². The van der Waals surface area contributed by atoms with Gasteiger partial charge in [-0.3, -0.25) is 9.69 Å². The van der Waals surface area contributed by atoms with Crippen LogP contribution in [-0.4, -0.2) is 67.9 Å². The lowest BCUT2D eigenvalue weighted by atomic mass is 10.1. The fourth-order valence-corrected chi connectivity index (χ4v) is 4.89. The van der Waals surface area contributed by atoms with Crippen molar-refractivity contribution in [2.75, 3.05) is 37.7 Å². The summed E-state index contributed by atoms with van der Waals surface area (Å²) in [4.78, 5) is 16.2. The van der Waals surface area contributed by atoms with Crippen molar-refractivity contribution < 1.29 is 17.6 Å². The molecule has 0 aliphatic carbocycles. The van der Waals surface area contributed by atoms with Crippen LogP contribution in [0.15, 0.2) is 24.3 Å². The Hall–Kier alpha value is -1.47. The molecule has 0 aromatic heterocycles. The van der Waals surface area contributed by atoms with Gasteiger partial charge in [0.15, 0.2) is 9.84 Å². The maximum Gasteiger partial charge on any atom is 0.253 e. The first-order chi connectivity index (χ1) is 10.4. The molecule has 0 radical (unpaired) electrons. The average molecular weight is 326 g/mol. The van der Waals surface area contributed by atoms with E-state index >= 15 is 0 Å². The number of sulfone groups is 1. The first-order valence-electron chi connectivity index (χ1n) is 7.44. The Balaban J connectivity index is 1.57. The summed E-state index contributed by atoms with van der Waals surface area (Å²) in [6, 6.07) is 5.65. The molecule has 1 aromatic carbocycles. The lowest BCUT2D eigenvalue weighted by Gasteiger charge is -2.37. The largest absolute Gasteiger partial charge is 0.336 e. The Bertz CT molecular complexity index is 652. The van der Waals surface area contributed by atoms with Gasteiger partial charge in [0.05, 0.1) is 11.5 Å². The number of hydrogen-bond acceptors (Lipinski definition) is 4. The van der Waals surface area contributed by atoms with Gasteiger partial charge in [-0.05, 0) is 30.7 Å². The maximum absolute atomic E-state index is 12.9. The number of rotatable bonds is 2. The van der Waals surface area contributed by atoms with Gasteiger partial charge in [-0.2, -0.15) is 0 Å². The number of carbonyl (C=O) groups is 1. The minimum atomic E-state index is -2.88. The van der Waals surface area contributed by atoms with Crippen LogP contribution >= 0.6 is 0 Å². The summed E-state index contributed by atoms with van der Waals surface area (Å²) in [5, 5.41) is 0. The van der Waals surface area contributed by atoms with Gasteiger partial charge in [0.25, 0.3) is 5.91 Å². The summed E-state index contributed by atoms with van der Waals surface area (Å²) >= 11 is 0. The van der Waals surface area contributed by atoms with Crippen LogP contribution in [0.4, 0.5) is 4.39 Å². The van der Waals surface area contributed by atoms with E-state index in [0.717, 1.165) is 0 Å². The lowest BCUT2D eigenvalue weighted by molar-refractivity contribution is 0.0588. The summed E-state index contributed by atoms with van der Waals surface area (Å²) in [7, 11) is -2.88. The van der Waals surface area contributed by atoms with E-state index in [9.17, 15) is 17.6 Å². The molecule has 0 spiro atoms.